The van der Waals surface area contributed by atoms with Gasteiger partial charge in [-0.05, 0) is 42.1 Å². The summed E-state index contributed by atoms with van der Waals surface area (Å²) >= 11 is 1.56. The number of thiophene rings is 1. The third kappa shape index (κ3) is 3.71. The van der Waals surface area contributed by atoms with Crippen LogP contribution in [0.4, 0.5) is 0 Å². The zero-order valence-corrected chi connectivity index (χ0v) is 17.5. The van der Waals surface area contributed by atoms with Crippen LogP contribution in [0.25, 0.3) is 32.9 Å². The Morgan fingerprint density at radius 1 is 1.06 bits per heavy atom. The van der Waals surface area contributed by atoms with E-state index in [1.165, 1.54) is 0 Å². The fourth-order valence-electron chi connectivity index (χ4n) is 3.48. The van der Waals surface area contributed by atoms with Gasteiger partial charge in [0, 0.05) is 18.0 Å². The van der Waals surface area contributed by atoms with Crippen LogP contribution in [0.2, 0.25) is 0 Å². The van der Waals surface area contributed by atoms with Gasteiger partial charge in [0.05, 0.1) is 27.6 Å². The van der Waals surface area contributed by atoms with Crippen LogP contribution in [0.15, 0.2) is 83.0 Å². The maximum Gasteiger partial charge on any atom is 0.259 e. The maximum absolute atomic E-state index is 13.4. The van der Waals surface area contributed by atoms with Gasteiger partial charge in [-0.3, -0.25) is 9.78 Å². The number of carbonyl (C=O) groups excluding carboxylic acids is 1. The van der Waals surface area contributed by atoms with Gasteiger partial charge in [-0.2, -0.15) is 0 Å². The van der Waals surface area contributed by atoms with E-state index < -0.39 is 0 Å². The van der Waals surface area contributed by atoms with Gasteiger partial charge in [-0.25, -0.2) is 4.98 Å². The van der Waals surface area contributed by atoms with E-state index in [2.05, 4.69) is 20.4 Å². The first kappa shape index (κ1) is 19.1. The summed E-state index contributed by atoms with van der Waals surface area (Å²) in [5, 5.41) is 9.91. The summed E-state index contributed by atoms with van der Waals surface area (Å²) in [6, 6.07) is 19.0. The van der Waals surface area contributed by atoms with Crippen molar-refractivity contribution in [2.24, 2.45) is 0 Å². The highest BCUT2D eigenvalue weighted by Crippen LogP contribution is 2.34. The van der Waals surface area contributed by atoms with Crippen LogP contribution < -0.4 is 5.32 Å². The molecule has 0 fully saturated rings. The van der Waals surface area contributed by atoms with Gasteiger partial charge >= 0.3 is 0 Å². The van der Waals surface area contributed by atoms with Crippen molar-refractivity contribution in [1.82, 2.24) is 20.4 Å². The molecule has 0 spiro atoms. The minimum atomic E-state index is -0.213. The molecule has 0 aliphatic rings. The molecule has 4 heterocycles. The van der Waals surface area contributed by atoms with Crippen LogP contribution in [0.5, 0.6) is 0 Å². The molecule has 5 aromatic rings. The molecule has 0 unspecified atom stereocenters. The molecule has 0 bridgehead atoms. The fraction of sp³-hybridized carbons (Fsp3) is 0.0833. The van der Waals surface area contributed by atoms with Gasteiger partial charge in [0.2, 0.25) is 0 Å². The van der Waals surface area contributed by atoms with Crippen LogP contribution in [-0.2, 0) is 0 Å². The first-order valence-electron chi connectivity index (χ1n) is 9.81. The smallest absolute Gasteiger partial charge is 0.259 e. The van der Waals surface area contributed by atoms with Crippen LogP contribution in [0.3, 0.4) is 0 Å². The summed E-state index contributed by atoms with van der Waals surface area (Å²) in [6.07, 6.45) is 3.43. The van der Waals surface area contributed by atoms with Crippen molar-refractivity contribution in [2.75, 3.05) is 0 Å². The number of carbonyl (C=O) groups is 1. The van der Waals surface area contributed by atoms with Crippen molar-refractivity contribution in [3.05, 3.63) is 89.6 Å². The number of aromatic nitrogens is 3. The van der Waals surface area contributed by atoms with E-state index in [0.29, 0.717) is 28.1 Å². The monoisotopic (exact) mass is 426 g/mol. The fourth-order valence-corrected chi connectivity index (χ4v) is 4.17. The summed E-state index contributed by atoms with van der Waals surface area (Å²) in [4.78, 5) is 23.1. The summed E-state index contributed by atoms with van der Waals surface area (Å²) in [6.45, 7) is 1.94. The molecule has 1 N–H and O–H groups in total. The van der Waals surface area contributed by atoms with Crippen molar-refractivity contribution in [3.8, 4) is 21.8 Å². The first-order chi connectivity index (χ1) is 15.2. The molecule has 0 radical (unpaired) electrons. The molecule has 152 valence electrons. The van der Waals surface area contributed by atoms with E-state index in [1.807, 2.05) is 73.0 Å². The van der Waals surface area contributed by atoms with Gasteiger partial charge in [-0.15, -0.1) is 11.3 Å². The van der Waals surface area contributed by atoms with Crippen molar-refractivity contribution >= 4 is 28.3 Å². The highest BCUT2D eigenvalue weighted by molar-refractivity contribution is 7.13. The lowest BCUT2D eigenvalue weighted by molar-refractivity contribution is 0.0941. The Morgan fingerprint density at radius 3 is 2.61 bits per heavy atom. The Bertz CT molecular complexity index is 1330. The SMILES string of the molecule is C[C@H](NC(=O)c1cc(-c2cccs2)nc2onc(-c3ccccc3)c12)c1ccncc1. The summed E-state index contributed by atoms with van der Waals surface area (Å²) in [7, 11) is 0. The number of benzene rings is 1. The molecule has 5 rings (SSSR count). The highest BCUT2D eigenvalue weighted by Gasteiger charge is 2.23. The highest BCUT2D eigenvalue weighted by atomic mass is 32.1. The predicted octanol–water partition coefficient (Wildman–Crippen LogP) is 5.50. The Morgan fingerprint density at radius 2 is 1.87 bits per heavy atom. The number of pyridine rings is 2. The lowest BCUT2D eigenvalue weighted by Gasteiger charge is -2.15. The Kier molecular flexibility index (Phi) is 5.01. The van der Waals surface area contributed by atoms with Crippen molar-refractivity contribution in [2.45, 2.75) is 13.0 Å². The summed E-state index contributed by atoms with van der Waals surface area (Å²) in [5.41, 5.74) is 3.94. The lowest BCUT2D eigenvalue weighted by atomic mass is 10.0. The molecule has 31 heavy (non-hydrogen) atoms. The predicted molar refractivity (Wildman–Crippen MR) is 121 cm³/mol. The molecule has 0 saturated heterocycles. The molecule has 1 aromatic carbocycles. The molecule has 4 aromatic heterocycles. The van der Waals surface area contributed by atoms with Crippen LogP contribution >= 0.6 is 11.3 Å². The van der Waals surface area contributed by atoms with Crippen molar-refractivity contribution in [1.29, 1.82) is 0 Å². The second kappa shape index (κ2) is 8.12. The number of nitrogens with zero attached hydrogens (tertiary/aromatic N) is 3. The number of hydrogen-bond donors (Lipinski definition) is 1. The van der Waals surface area contributed by atoms with E-state index in [9.17, 15) is 4.79 Å². The molecule has 0 aliphatic heterocycles. The zero-order valence-electron chi connectivity index (χ0n) is 16.6. The first-order valence-corrected chi connectivity index (χ1v) is 10.7. The third-order valence-corrected chi connectivity index (χ3v) is 5.96. The van der Waals surface area contributed by atoms with Gasteiger partial charge in [0.15, 0.2) is 0 Å². The van der Waals surface area contributed by atoms with E-state index in [-0.39, 0.29) is 11.9 Å². The van der Waals surface area contributed by atoms with Crippen LogP contribution in [0.1, 0.15) is 28.9 Å². The minimum absolute atomic E-state index is 0.191. The summed E-state index contributed by atoms with van der Waals surface area (Å²) < 4.78 is 5.58. The van der Waals surface area contributed by atoms with Crippen LogP contribution in [-0.4, -0.2) is 21.0 Å². The lowest BCUT2D eigenvalue weighted by Crippen LogP contribution is -2.27. The average Bonchev–Trinajstić information content (AvgIpc) is 3.50. The van der Waals surface area contributed by atoms with Crippen molar-refractivity contribution in [3.63, 3.8) is 0 Å². The summed E-state index contributed by atoms with van der Waals surface area (Å²) in [5.74, 6) is -0.213. The van der Waals surface area contributed by atoms with E-state index in [4.69, 9.17) is 4.52 Å². The molecule has 7 heteroatoms. The quantitative estimate of drug-likeness (QED) is 0.401. The zero-order chi connectivity index (χ0) is 21.2. The maximum atomic E-state index is 13.4. The molecular formula is C24H18N4O2S. The molecule has 1 atom stereocenters. The van der Waals surface area contributed by atoms with Crippen molar-refractivity contribution < 1.29 is 9.32 Å². The molecular weight excluding hydrogens is 408 g/mol. The molecule has 1 amide bonds. The Balaban J connectivity index is 1.63. The van der Waals surface area contributed by atoms with E-state index in [1.54, 1.807) is 23.7 Å². The number of rotatable bonds is 5. The Labute approximate surface area is 182 Å². The van der Waals surface area contributed by atoms with Gasteiger partial charge in [0.25, 0.3) is 11.6 Å². The number of amides is 1. The van der Waals surface area contributed by atoms with Gasteiger partial charge in [0.1, 0.15) is 5.69 Å². The average molecular weight is 427 g/mol. The number of nitrogens with one attached hydrogen (secondary N) is 1. The van der Waals surface area contributed by atoms with E-state index in [0.717, 1.165) is 16.0 Å². The second-order valence-electron chi connectivity index (χ2n) is 7.09. The number of fused-ring (bicyclic) bond motifs is 1. The van der Waals surface area contributed by atoms with E-state index >= 15 is 0 Å². The molecule has 0 aliphatic carbocycles. The Hall–Kier alpha value is -3.84. The topological polar surface area (TPSA) is 80.9 Å². The molecule has 0 saturated carbocycles. The largest absolute Gasteiger partial charge is 0.345 e. The third-order valence-electron chi connectivity index (χ3n) is 5.07. The number of hydrogen-bond acceptors (Lipinski definition) is 6. The standard InChI is InChI=1S/C24H18N4O2S/c1-15(16-9-11-25-12-10-16)26-23(29)18-14-19(20-8-5-13-31-20)27-24-21(18)22(28-30-24)17-6-3-2-4-7-17/h2-15H,1H3,(H,26,29)/t15-/m0/s1. The molecule has 6 nitrogen and oxygen atoms in total. The van der Waals surface area contributed by atoms with Gasteiger partial charge < -0.3 is 9.84 Å². The van der Waals surface area contributed by atoms with Gasteiger partial charge in [-0.1, -0.05) is 41.6 Å². The second-order valence-corrected chi connectivity index (χ2v) is 8.03. The minimum Gasteiger partial charge on any atom is -0.345 e. The van der Waals surface area contributed by atoms with Crippen LogP contribution in [0, 0.1) is 0 Å². The normalized spacial score (nSPS) is 12.0.